The van der Waals surface area contributed by atoms with Crippen molar-refractivity contribution in [3.63, 3.8) is 0 Å². The van der Waals surface area contributed by atoms with E-state index in [1.54, 1.807) is 0 Å². The number of fused-ring (bicyclic) bond motifs is 1. The molecule has 2 nitrogen and oxygen atoms in total. The highest BCUT2D eigenvalue weighted by Crippen LogP contribution is 2.41. The van der Waals surface area contributed by atoms with Gasteiger partial charge in [0.15, 0.2) is 0 Å². The van der Waals surface area contributed by atoms with Crippen LogP contribution in [-0.4, -0.2) is 6.10 Å². The summed E-state index contributed by atoms with van der Waals surface area (Å²) in [6, 6.07) is 5.71. The molecular weight excluding hydrogens is 198 g/mol. The number of benzene rings is 1. The van der Waals surface area contributed by atoms with Crippen LogP contribution in [0.5, 0.6) is 5.75 Å². The zero-order valence-corrected chi connectivity index (χ0v) is 8.92. The van der Waals surface area contributed by atoms with Crippen LogP contribution in [0.25, 0.3) is 0 Å². The van der Waals surface area contributed by atoms with Gasteiger partial charge in [-0.05, 0) is 12.5 Å². The van der Waals surface area contributed by atoms with E-state index in [0.29, 0.717) is 5.02 Å². The molecule has 1 aromatic rings. The predicted octanol–water partition coefficient (Wildman–Crippen LogP) is 2.90. The van der Waals surface area contributed by atoms with Crippen molar-refractivity contribution in [1.82, 2.24) is 0 Å². The van der Waals surface area contributed by atoms with Gasteiger partial charge in [-0.3, -0.25) is 0 Å². The van der Waals surface area contributed by atoms with Crippen LogP contribution in [0.1, 0.15) is 31.4 Å². The van der Waals surface area contributed by atoms with Gasteiger partial charge >= 0.3 is 0 Å². The van der Waals surface area contributed by atoms with Crippen molar-refractivity contribution in [3.8, 4) is 5.75 Å². The molecule has 0 saturated carbocycles. The quantitative estimate of drug-likeness (QED) is 0.817. The number of ether oxygens (including phenoxy) is 1. The van der Waals surface area contributed by atoms with Crippen LogP contribution in [0, 0.1) is 0 Å². The molecule has 0 fully saturated rings. The van der Waals surface area contributed by atoms with Gasteiger partial charge in [-0.1, -0.05) is 37.1 Å². The Morgan fingerprint density at radius 3 is 2.93 bits per heavy atom. The van der Waals surface area contributed by atoms with Gasteiger partial charge in [0.1, 0.15) is 11.9 Å². The first kappa shape index (κ1) is 9.81. The third-order valence-electron chi connectivity index (χ3n) is 2.60. The molecule has 2 unspecified atom stereocenters. The van der Waals surface area contributed by atoms with Gasteiger partial charge in [-0.15, -0.1) is 0 Å². The standard InChI is InChI=1S/C11H14ClNO/c1-2-4-9-10(13)7-5-3-6-8(12)11(7)14-9/h3,5-6,9-10H,2,4,13H2,1H3. The highest BCUT2D eigenvalue weighted by atomic mass is 35.5. The van der Waals surface area contributed by atoms with E-state index in [2.05, 4.69) is 6.92 Å². The smallest absolute Gasteiger partial charge is 0.143 e. The SMILES string of the molecule is CCCC1Oc2c(Cl)cccc2C1N. The molecule has 2 rings (SSSR count). The maximum atomic E-state index is 6.06. The van der Waals surface area contributed by atoms with E-state index in [4.69, 9.17) is 22.1 Å². The lowest BCUT2D eigenvalue weighted by Crippen LogP contribution is -2.24. The van der Waals surface area contributed by atoms with E-state index >= 15 is 0 Å². The monoisotopic (exact) mass is 211 g/mol. The Hall–Kier alpha value is -0.730. The van der Waals surface area contributed by atoms with E-state index in [0.717, 1.165) is 24.2 Å². The summed E-state index contributed by atoms with van der Waals surface area (Å²) in [6.07, 6.45) is 2.14. The van der Waals surface area contributed by atoms with Gasteiger partial charge in [-0.25, -0.2) is 0 Å². The number of hydrogen-bond acceptors (Lipinski definition) is 2. The van der Waals surface area contributed by atoms with Gasteiger partial charge in [0, 0.05) is 5.56 Å². The Bertz CT molecular complexity index is 340. The molecular formula is C11H14ClNO. The molecule has 0 amide bonds. The molecule has 1 heterocycles. The normalized spacial score (nSPS) is 24.5. The fraction of sp³-hybridized carbons (Fsp3) is 0.455. The molecule has 0 spiro atoms. The van der Waals surface area contributed by atoms with Crippen molar-refractivity contribution in [1.29, 1.82) is 0 Å². The maximum Gasteiger partial charge on any atom is 0.143 e. The zero-order chi connectivity index (χ0) is 10.1. The molecule has 76 valence electrons. The number of hydrogen-bond donors (Lipinski definition) is 1. The Morgan fingerprint density at radius 2 is 2.29 bits per heavy atom. The van der Waals surface area contributed by atoms with Crippen LogP contribution in [0.2, 0.25) is 5.02 Å². The predicted molar refractivity (Wildman–Crippen MR) is 57.7 cm³/mol. The first-order valence-corrected chi connectivity index (χ1v) is 5.32. The maximum absolute atomic E-state index is 6.06. The zero-order valence-electron chi connectivity index (χ0n) is 8.16. The molecule has 0 radical (unpaired) electrons. The van der Waals surface area contributed by atoms with Gasteiger partial charge in [0.25, 0.3) is 0 Å². The van der Waals surface area contributed by atoms with Crippen molar-refractivity contribution < 1.29 is 4.74 Å². The Kier molecular flexibility index (Phi) is 2.66. The highest BCUT2D eigenvalue weighted by Gasteiger charge is 2.31. The minimum absolute atomic E-state index is 0.0244. The third kappa shape index (κ3) is 1.49. The number of para-hydroxylation sites is 1. The van der Waals surface area contributed by atoms with E-state index in [1.807, 2.05) is 18.2 Å². The summed E-state index contributed by atoms with van der Waals surface area (Å²) in [4.78, 5) is 0. The number of halogens is 1. The van der Waals surface area contributed by atoms with Gasteiger partial charge in [0.05, 0.1) is 11.1 Å². The Morgan fingerprint density at radius 1 is 1.50 bits per heavy atom. The lowest BCUT2D eigenvalue weighted by Gasteiger charge is -2.13. The summed E-state index contributed by atoms with van der Waals surface area (Å²) in [6.45, 7) is 2.13. The summed E-state index contributed by atoms with van der Waals surface area (Å²) >= 11 is 6.02. The Labute approximate surface area is 89.0 Å². The lowest BCUT2D eigenvalue weighted by atomic mass is 10.0. The van der Waals surface area contributed by atoms with Crippen molar-refractivity contribution in [2.45, 2.75) is 31.9 Å². The molecule has 0 bridgehead atoms. The number of rotatable bonds is 2. The first-order valence-electron chi connectivity index (χ1n) is 4.94. The number of nitrogens with two attached hydrogens (primary N) is 1. The average molecular weight is 212 g/mol. The minimum atomic E-state index is -0.0244. The molecule has 1 aliphatic heterocycles. The topological polar surface area (TPSA) is 35.2 Å². The molecule has 2 N–H and O–H groups in total. The molecule has 1 aromatic carbocycles. The molecule has 14 heavy (non-hydrogen) atoms. The molecule has 0 aromatic heterocycles. The molecule has 0 aliphatic carbocycles. The average Bonchev–Trinajstić information content (AvgIpc) is 2.48. The van der Waals surface area contributed by atoms with Crippen molar-refractivity contribution in [3.05, 3.63) is 28.8 Å². The summed E-state index contributed by atoms with van der Waals surface area (Å²) in [5.74, 6) is 0.778. The largest absolute Gasteiger partial charge is 0.487 e. The second-order valence-corrected chi connectivity index (χ2v) is 4.04. The van der Waals surface area contributed by atoms with E-state index in [1.165, 1.54) is 0 Å². The minimum Gasteiger partial charge on any atom is -0.487 e. The molecule has 3 heteroatoms. The van der Waals surface area contributed by atoms with Crippen molar-refractivity contribution in [2.24, 2.45) is 5.73 Å². The second kappa shape index (κ2) is 3.79. The summed E-state index contributed by atoms with van der Waals surface area (Å²) in [5.41, 5.74) is 7.10. The van der Waals surface area contributed by atoms with Crippen LogP contribution < -0.4 is 10.5 Å². The molecule has 1 aliphatic rings. The third-order valence-corrected chi connectivity index (χ3v) is 2.90. The highest BCUT2D eigenvalue weighted by molar-refractivity contribution is 6.32. The second-order valence-electron chi connectivity index (χ2n) is 3.63. The lowest BCUT2D eigenvalue weighted by molar-refractivity contribution is 0.195. The fourth-order valence-corrected chi connectivity index (χ4v) is 2.09. The van der Waals surface area contributed by atoms with Gasteiger partial charge in [-0.2, -0.15) is 0 Å². The van der Waals surface area contributed by atoms with E-state index in [9.17, 15) is 0 Å². The molecule has 0 saturated heterocycles. The van der Waals surface area contributed by atoms with E-state index in [-0.39, 0.29) is 12.1 Å². The summed E-state index contributed by atoms with van der Waals surface area (Å²) < 4.78 is 5.73. The Balaban J connectivity index is 2.30. The van der Waals surface area contributed by atoms with Crippen LogP contribution in [0.15, 0.2) is 18.2 Å². The fourth-order valence-electron chi connectivity index (χ4n) is 1.86. The van der Waals surface area contributed by atoms with Crippen LogP contribution in [0.3, 0.4) is 0 Å². The van der Waals surface area contributed by atoms with E-state index < -0.39 is 0 Å². The van der Waals surface area contributed by atoms with Crippen LogP contribution in [0.4, 0.5) is 0 Å². The van der Waals surface area contributed by atoms with Crippen molar-refractivity contribution in [2.75, 3.05) is 0 Å². The van der Waals surface area contributed by atoms with Crippen LogP contribution >= 0.6 is 11.6 Å². The van der Waals surface area contributed by atoms with Gasteiger partial charge < -0.3 is 10.5 Å². The van der Waals surface area contributed by atoms with Gasteiger partial charge in [0.2, 0.25) is 0 Å². The first-order chi connectivity index (χ1) is 6.74. The summed E-state index contributed by atoms with van der Waals surface area (Å²) in [7, 11) is 0. The van der Waals surface area contributed by atoms with Crippen LogP contribution in [-0.2, 0) is 0 Å². The molecule has 2 atom stereocenters. The summed E-state index contributed by atoms with van der Waals surface area (Å²) in [5, 5.41) is 0.663. The van der Waals surface area contributed by atoms with Crippen molar-refractivity contribution >= 4 is 11.6 Å².